The molecule has 21 heavy (non-hydrogen) atoms. The highest BCUT2D eigenvalue weighted by Crippen LogP contribution is 2.38. The van der Waals surface area contributed by atoms with Crippen molar-refractivity contribution in [3.05, 3.63) is 59.9 Å². The van der Waals surface area contributed by atoms with Crippen molar-refractivity contribution in [3.8, 4) is 11.3 Å². The van der Waals surface area contributed by atoms with Gasteiger partial charge in [0.15, 0.2) is 0 Å². The summed E-state index contributed by atoms with van der Waals surface area (Å²) in [5.41, 5.74) is 3.39. The number of nitrogens with one attached hydrogen (secondary N) is 1. The quantitative estimate of drug-likeness (QED) is 0.536. The monoisotopic (exact) mass is 268 g/mol. The summed E-state index contributed by atoms with van der Waals surface area (Å²) < 4.78 is 0. The Bertz CT molecular complexity index is 1060. The Kier molecular flexibility index (Phi) is 1.98. The number of H-pyrrole nitrogens is 1. The topological polar surface area (TPSA) is 28.1 Å². The molecule has 0 unspecified atom stereocenters. The van der Waals surface area contributed by atoms with Crippen molar-refractivity contribution in [1.82, 2.24) is 4.98 Å². The summed E-state index contributed by atoms with van der Waals surface area (Å²) in [6.07, 6.45) is 5.98. The first kappa shape index (κ1) is 10.9. The van der Waals surface area contributed by atoms with Gasteiger partial charge in [-0.15, -0.1) is 0 Å². The van der Waals surface area contributed by atoms with Crippen LogP contribution >= 0.6 is 0 Å². The number of aromatic amines is 1. The van der Waals surface area contributed by atoms with E-state index >= 15 is 0 Å². The van der Waals surface area contributed by atoms with Gasteiger partial charge in [-0.25, -0.2) is 0 Å². The van der Waals surface area contributed by atoms with Gasteiger partial charge in [-0.05, 0) is 39.8 Å². The standard InChI is InChI=1S/C19H12N2/c1-4-12-5-2-7-15-17(12)13(6-1)14-9-11-21-19(14)18(15)16-8-3-10-20-16/h1-11,20H. The van der Waals surface area contributed by atoms with Gasteiger partial charge in [0.25, 0.3) is 0 Å². The van der Waals surface area contributed by atoms with E-state index in [2.05, 4.69) is 58.5 Å². The minimum Gasteiger partial charge on any atom is -0.361 e. The highest BCUT2D eigenvalue weighted by Gasteiger charge is 2.17. The van der Waals surface area contributed by atoms with Crippen LogP contribution in [0.4, 0.5) is 5.69 Å². The molecule has 1 aromatic heterocycles. The SMILES string of the molecule is C1=Nc2c(-c3ccc[nH]3)c3cccc4cccc(c2=C1)c43. The molecular formula is C19H12N2. The van der Waals surface area contributed by atoms with Crippen LogP contribution in [0.5, 0.6) is 0 Å². The number of aromatic nitrogens is 1. The summed E-state index contributed by atoms with van der Waals surface area (Å²) in [6.45, 7) is 0. The number of hydrogen-bond acceptors (Lipinski definition) is 1. The third-order valence-electron chi connectivity index (χ3n) is 4.27. The molecular weight excluding hydrogens is 256 g/mol. The first-order valence-electron chi connectivity index (χ1n) is 7.09. The smallest absolute Gasteiger partial charge is 0.0808 e. The molecule has 4 aromatic rings. The molecule has 3 aromatic carbocycles. The van der Waals surface area contributed by atoms with E-state index in [-0.39, 0.29) is 0 Å². The van der Waals surface area contributed by atoms with E-state index < -0.39 is 0 Å². The summed E-state index contributed by atoms with van der Waals surface area (Å²) in [7, 11) is 0. The summed E-state index contributed by atoms with van der Waals surface area (Å²) in [5.74, 6) is 0. The van der Waals surface area contributed by atoms with Crippen molar-refractivity contribution in [2.24, 2.45) is 4.99 Å². The number of nitrogens with zero attached hydrogens (tertiary/aromatic N) is 1. The first-order valence-corrected chi connectivity index (χ1v) is 7.09. The Morgan fingerprint density at radius 2 is 1.71 bits per heavy atom. The van der Waals surface area contributed by atoms with E-state index in [1.165, 1.54) is 32.3 Å². The molecule has 0 amide bonds. The van der Waals surface area contributed by atoms with Gasteiger partial charge in [-0.1, -0.05) is 36.4 Å². The van der Waals surface area contributed by atoms with Gasteiger partial charge in [0.1, 0.15) is 0 Å². The lowest BCUT2D eigenvalue weighted by Gasteiger charge is -2.13. The van der Waals surface area contributed by atoms with E-state index in [1.54, 1.807) is 0 Å². The lowest BCUT2D eigenvalue weighted by molar-refractivity contribution is 1.40. The van der Waals surface area contributed by atoms with Gasteiger partial charge >= 0.3 is 0 Å². The second-order valence-electron chi connectivity index (χ2n) is 5.38. The van der Waals surface area contributed by atoms with Gasteiger partial charge in [0.05, 0.1) is 5.69 Å². The molecule has 0 saturated heterocycles. The molecule has 0 bridgehead atoms. The molecule has 2 heterocycles. The summed E-state index contributed by atoms with van der Waals surface area (Å²) in [6, 6.07) is 17.1. The Labute approximate surface area is 121 Å². The molecule has 0 radical (unpaired) electrons. The van der Waals surface area contributed by atoms with Gasteiger partial charge in [0.2, 0.25) is 0 Å². The molecule has 2 nitrogen and oxygen atoms in total. The fourth-order valence-corrected chi connectivity index (χ4v) is 3.41. The van der Waals surface area contributed by atoms with Gasteiger partial charge in [-0.3, -0.25) is 4.99 Å². The minimum absolute atomic E-state index is 1.07. The average Bonchev–Trinajstić information content (AvgIpc) is 3.19. The Hall–Kier alpha value is -2.87. The average molecular weight is 268 g/mol. The zero-order valence-corrected chi connectivity index (χ0v) is 11.3. The summed E-state index contributed by atoms with van der Waals surface area (Å²) >= 11 is 0. The molecule has 1 N–H and O–H groups in total. The predicted molar refractivity (Wildman–Crippen MR) is 89.1 cm³/mol. The Balaban J connectivity index is 2.14. The van der Waals surface area contributed by atoms with Crippen LogP contribution in [0.15, 0.2) is 59.7 Å². The molecule has 0 fully saturated rings. The maximum Gasteiger partial charge on any atom is 0.0808 e. The third-order valence-corrected chi connectivity index (χ3v) is 4.27. The molecule has 1 aliphatic rings. The van der Waals surface area contributed by atoms with Crippen molar-refractivity contribution in [2.75, 3.05) is 0 Å². The lowest BCUT2D eigenvalue weighted by atomic mass is 9.92. The van der Waals surface area contributed by atoms with Crippen LogP contribution in [0.3, 0.4) is 0 Å². The highest BCUT2D eigenvalue weighted by molar-refractivity contribution is 6.20. The van der Waals surface area contributed by atoms with Crippen LogP contribution in [-0.4, -0.2) is 11.2 Å². The number of fused-ring (bicyclic) bond motifs is 2. The summed E-state index contributed by atoms with van der Waals surface area (Å²) in [5, 5.41) is 6.37. The van der Waals surface area contributed by atoms with Gasteiger partial charge in [0, 0.05) is 28.9 Å². The molecule has 2 heteroatoms. The fraction of sp³-hybridized carbons (Fsp3) is 0. The highest BCUT2D eigenvalue weighted by atomic mass is 14.8. The van der Waals surface area contributed by atoms with Crippen LogP contribution < -0.4 is 5.22 Å². The van der Waals surface area contributed by atoms with Crippen molar-refractivity contribution < 1.29 is 0 Å². The molecule has 0 atom stereocenters. The molecule has 0 saturated carbocycles. The van der Waals surface area contributed by atoms with Crippen molar-refractivity contribution in [3.63, 3.8) is 0 Å². The zero-order chi connectivity index (χ0) is 13.8. The van der Waals surface area contributed by atoms with Gasteiger partial charge < -0.3 is 4.98 Å². The van der Waals surface area contributed by atoms with Crippen LogP contribution in [0.1, 0.15) is 0 Å². The van der Waals surface area contributed by atoms with Crippen LogP contribution in [0, 0.1) is 0 Å². The number of aliphatic imine (C=N–C) groups is 1. The summed E-state index contributed by atoms with van der Waals surface area (Å²) in [4.78, 5) is 7.96. The van der Waals surface area contributed by atoms with Crippen molar-refractivity contribution in [1.29, 1.82) is 0 Å². The fourth-order valence-electron chi connectivity index (χ4n) is 3.41. The van der Waals surface area contributed by atoms with Crippen molar-refractivity contribution >= 4 is 39.5 Å². The molecule has 0 spiro atoms. The molecule has 98 valence electrons. The molecule has 5 rings (SSSR count). The second-order valence-corrected chi connectivity index (χ2v) is 5.38. The van der Waals surface area contributed by atoms with E-state index in [0.29, 0.717) is 0 Å². The van der Waals surface area contributed by atoms with E-state index in [4.69, 9.17) is 0 Å². The Morgan fingerprint density at radius 1 is 0.857 bits per heavy atom. The number of benzene rings is 3. The number of hydrogen-bond donors (Lipinski definition) is 1. The van der Waals surface area contributed by atoms with E-state index in [1.807, 2.05) is 18.5 Å². The third kappa shape index (κ3) is 1.34. The molecule has 0 aliphatic carbocycles. The minimum atomic E-state index is 1.07. The predicted octanol–water partition coefficient (Wildman–Crippen LogP) is 4.20. The first-order chi connectivity index (χ1) is 10.4. The maximum atomic E-state index is 4.62. The normalized spacial score (nSPS) is 13.0. The zero-order valence-electron chi connectivity index (χ0n) is 11.3. The van der Waals surface area contributed by atoms with E-state index in [9.17, 15) is 0 Å². The van der Waals surface area contributed by atoms with E-state index in [0.717, 1.165) is 11.4 Å². The second kappa shape index (κ2) is 3.83. The van der Waals surface area contributed by atoms with Crippen LogP contribution in [-0.2, 0) is 0 Å². The van der Waals surface area contributed by atoms with Crippen LogP contribution in [0.2, 0.25) is 0 Å². The number of rotatable bonds is 1. The molecule has 1 aliphatic heterocycles. The van der Waals surface area contributed by atoms with Crippen LogP contribution in [0.25, 0.3) is 38.9 Å². The lowest BCUT2D eigenvalue weighted by Crippen LogP contribution is -2.03. The maximum absolute atomic E-state index is 4.62. The van der Waals surface area contributed by atoms with Crippen molar-refractivity contribution in [2.45, 2.75) is 0 Å². The largest absolute Gasteiger partial charge is 0.361 e. The van der Waals surface area contributed by atoms with Gasteiger partial charge in [-0.2, -0.15) is 0 Å². The Morgan fingerprint density at radius 3 is 2.52 bits per heavy atom.